The van der Waals surface area contributed by atoms with Crippen LogP contribution in [0.2, 0.25) is 0 Å². The summed E-state index contributed by atoms with van der Waals surface area (Å²) in [5, 5.41) is 14.2. The molecule has 0 aromatic heterocycles. The lowest BCUT2D eigenvalue weighted by Gasteiger charge is -2.20. The third-order valence-corrected chi connectivity index (χ3v) is 5.71. The predicted octanol–water partition coefficient (Wildman–Crippen LogP) is 2.04. The summed E-state index contributed by atoms with van der Waals surface area (Å²) in [4.78, 5) is 12.8. The van der Waals surface area contributed by atoms with Crippen LogP contribution in [0.5, 0.6) is 0 Å². The predicted molar refractivity (Wildman–Crippen MR) is 87.4 cm³/mol. The molecule has 2 aliphatic rings. The van der Waals surface area contributed by atoms with Crippen LogP contribution >= 0.6 is 0 Å². The lowest BCUT2D eigenvalue weighted by Crippen LogP contribution is -2.31. The summed E-state index contributed by atoms with van der Waals surface area (Å²) in [6.45, 7) is 3.07. The molecule has 2 atom stereocenters. The number of non-ortho nitro benzene ring substituents is 1. The van der Waals surface area contributed by atoms with Crippen LogP contribution in [-0.4, -0.2) is 49.2 Å². The smallest absolute Gasteiger partial charge is 0.270 e. The van der Waals surface area contributed by atoms with Crippen molar-refractivity contribution >= 4 is 21.2 Å². The number of nitrogens with one attached hydrogen (secondary N) is 1. The Morgan fingerprint density at radius 1 is 1.35 bits per heavy atom. The third kappa shape index (κ3) is 3.48. The Morgan fingerprint density at radius 3 is 2.61 bits per heavy atom. The fourth-order valence-corrected chi connectivity index (χ4v) is 4.21. The van der Waals surface area contributed by atoms with E-state index in [1.807, 2.05) is 0 Å². The molecule has 1 aliphatic carbocycles. The lowest BCUT2D eigenvalue weighted by molar-refractivity contribution is -0.385. The summed E-state index contributed by atoms with van der Waals surface area (Å²) in [7, 11) is -3.54. The van der Waals surface area contributed by atoms with Gasteiger partial charge < -0.3 is 5.32 Å². The molecule has 1 aromatic carbocycles. The van der Waals surface area contributed by atoms with Gasteiger partial charge in [-0.25, -0.2) is 8.42 Å². The highest BCUT2D eigenvalue weighted by molar-refractivity contribution is 7.90. The molecule has 1 aliphatic heterocycles. The molecule has 1 aromatic rings. The van der Waals surface area contributed by atoms with E-state index >= 15 is 0 Å². The first-order valence-electron chi connectivity index (χ1n) is 7.76. The first-order valence-corrected chi connectivity index (χ1v) is 9.65. The first kappa shape index (κ1) is 16.2. The molecular weight excluding hydrogens is 318 g/mol. The van der Waals surface area contributed by atoms with Crippen LogP contribution in [0.1, 0.15) is 26.2 Å². The van der Waals surface area contributed by atoms with Gasteiger partial charge in [0, 0.05) is 43.1 Å². The molecule has 7 nitrogen and oxygen atoms in total. The van der Waals surface area contributed by atoms with Gasteiger partial charge >= 0.3 is 0 Å². The summed E-state index contributed by atoms with van der Waals surface area (Å²) in [6, 6.07) is 5.28. The molecule has 126 valence electrons. The molecule has 1 heterocycles. The summed E-state index contributed by atoms with van der Waals surface area (Å²) in [5.41, 5.74) is 0.239. The van der Waals surface area contributed by atoms with Crippen LogP contribution in [0.25, 0.3) is 0 Å². The van der Waals surface area contributed by atoms with Crippen molar-refractivity contribution in [2.24, 2.45) is 0 Å². The molecular formula is C15H21N3O4S. The Morgan fingerprint density at radius 2 is 2.04 bits per heavy atom. The van der Waals surface area contributed by atoms with Crippen molar-refractivity contribution in [1.29, 1.82) is 0 Å². The van der Waals surface area contributed by atoms with Gasteiger partial charge in [-0.15, -0.1) is 0 Å². The number of nitrogens with zero attached hydrogens (tertiary/aromatic N) is 2. The topological polar surface area (TPSA) is 92.5 Å². The first-order chi connectivity index (χ1) is 10.8. The van der Waals surface area contributed by atoms with Gasteiger partial charge in [0.2, 0.25) is 0 Å². The van der Waals surface area contributed by atoms with Crippen LogP contribution < -0.4 is 5.32 Å². The molecule has 23 heavy (non-hydrogen) atoms. The van der Waals surface area contributed by atoms with E-state index in [0.717, 1.165) is 25.3 Å². The van der Waals surface area contributed by atoms with E-state index in [1.54, 1.807) is 0 Å². The summed E-state index contributed by atoms with van der Waals surface area (Å²) < 4.78 is 24.0. The number of nitro groups is 1. The Hall–Kier alpha value is -1.67. The molecule has 8 heteroatoms. The highest BCUT2D eigenvalue weighted by Gasteiger charge is 2.39. The van der Waals surface area contributed by atoms with Crippen LogP contribution in [0.4, 0.5) is 11.4 Å². The van der Waals surface area contributed by atoms with Crippen molar-refractivity contribution < 1.29 is 13.3 Å². The fraction of sp³-hybridized carbons (Fsp3) is 0.600. The number of likely N-dealkylation sites (tertiary alicyclic amines) is 1. The summed E-state index contributed by atoms with van der Waals surface area (Å²) >= 11 is 0. The molecule has 0 bridgehead atoms. The zero-order chi connectivity index (χ0) is 16.8. The van der Waals surface area contributed by atoms with Crippen molar-refractivity contribution in [2.75, 3.05) is 18.1 Å². The van der Waals surface area contributed by atoms with Gasteiger partial charge in [0.05, 0.1) is 15.5 Å². The molecule has 3 rings (SSSR count). The van der Waals surface area contributed by atoms with Gasteiger partial charge in [-0.1, -0.05) is 0 Å². The van der Waals surface area contributed by atoms with Gasteiger partial charge in [-0.2, -0.15) is 0 Å². The molecule has 1 saturated heterocycles. The fourth-order valence-electron chi connectivity index (χ4n) is 3.35. The maximum atomic E-state index is 12.0. The number of hydrogen-bond donors (Lipinski definition) is 1. The quantitative estimate of drug-likeness (QED) is 0.652. The minimum Gasteiger partial charge on any atom is -0.380 e. The van der Waals surface area contributed by atoms with E-state index in [4.69, 9.17) is 0 Å². The standard InChI is InChI=1S/C15H21N3O4S/c1-10-7-11(9-17(10)12-3-4-12)16-14-6-5-13(18(19)20)8-15(14)23(2,21)22/h5-6,8,10-12,16H,3-4,7,9H2,1-2H3/t10-,11-/m1/s1. The second-order valence-corrected chi connectivity index (χ2v) is 8.55. The Kier molecular flexibility index (Phi) is 4.05. The number of rotatable bonds is 5. The number of sulfone groups is 1. The zero-order valence-electron chi connectivity index (χ0n) is 13.2. The van der Waals surface area contributed by atoms with Gasteiger partial charge in [0.1, 0.15) is 0 Å². The Labute approximate surface area is 135 Å². The van der Waals surface area contributed by atoms with E-state index in [9.17, 15) is 18.5 Å². The van der Waals surface area contributed by atoms with Gasteiger partial charge in [0.15, 0.2) is 9.84 Å². The number of anilines is 1. The Balaban J connectivity index is 1.83. The highest BCUT2D eigenvalue weighted by atomic mass is 32.2. The molecule has 0 amide bonds. The van der Waals surface area contributed by atoms with Crippen molar-refractivity contribution in [3.8, 4) is 0 Å². The zero-order valence-corrected chi connectivity index (χ0v) is 14.0. The van der Waals surface area contributed by atoms with Gasteiger partial charge in [-0.3, -0.25) is 15.0 Å². The maximum Gasteiger partial charge on any atom is 0.270 e. The van der Waals surface area contributed by atoms with Crippen LogP contribution in [0.3, 0.4) is 0 Å². The third-order valence-electron chi connectivity index (χ3n) is 4.57. The van der Waals surface area contributed by atoms with Crippen molar-refractivity contribution in [3.63, 3.8) is 0 Å². The number of hydrogen-bond acceptors (Lipinski definition) is 6. The minimum atomic E-state index is -3.54. The summed E-state index contributed by atoms with van der Waals surface area (Å²) in [5.74, 6) is 0. The SMILES string of the molecule is C[C@@H]1C[C@@H](Nc2ccc([N+](=O)[O-])cc2S(C)(=O)=O)CN1C1CC1. The largest absolute Gasteiger partial charge is 0.380 e. The monoisotopic (exact) mass is 339 g/mol. The lowest BCUT2D eigenvalue weighted by atomic mass is 10.2. The second-order valence-electron chi connectivity index (χ2n) is 6.56. The number of nitro benzene ring substituents is 1. The van der Waals surface area contributed by atoms with Crippen LogP contribution in [0.15, 0.2) is 23.1 Å². The number of benzene rings is 1. The molecule has 0 unspecified atom stereocenters. The molecule has 1 N–H and O–H groups in total. The van der Waals surface area contributed by atoms with Crippen molar-refractivity contribution in [1.82, 2.24) is 4.90 Å². The second kappa shape index (κ2) is 5.76. The van der Waals surface area contributed by atoms with Gasteiger partial charge in [-0.05, 0) is 32.3 Å². The normalized spacial score (nSPS) is 25.5. The van der Waals surface area contributed by atoms with Gasteiger partial charge in [0.25, 0.3) is 5.69 Å². The molecule has 0 spiro atoms. The molecule has 1 saturated carbocycles. The van der Waals surface area contributed by atoms with E-state index in [1.165, 1.54) is 25.0 Å². The van der Waals surface area contributed by atoms with Crippen LogP contribution in [0, 0.1) is 10.1 Å². The molecule has 2 fully saturated rings. The van der Waals surface area contributed by atoms with E-state index in [2.05, 4.69) is 17.1 Å². The molecule has 0 radical (unpaired) electrons. The minimum absolute atomic E-state index is 0.00998. The van der Waals surface area contributed by atoms with Crippen molar-refractivity contribution in [3.05, 3.63) is 28.3 Å². The van der Waals surface area contributed by atoms with E-state index in [-0.39, 0.29) is 16.6 Å². The van der Waals surface area contributed by atoms with E-state index in [0.29, 0.717) is 17.8 Å². The Bertz CT molecular complexity index is 730. The highest BCUT2D eigenvalue weighted by Crippen LogP contribution is 2.35. The maximum absolute atomic E-state index is 12.0. The van der Waals surface area contributed by atoms with E-state index < -0.39 is 14.8 Å². The summed E-state index contributed by atoms with van der Waals surface area (Å²) in [6.07, 6.45) is 4.49. The van der Waals surface area contributed by atoms with Crippen molar-refractivity contribution in [2.45, 2.75) is 49.2 Å². The average Bonchev–Trinajstić information content (AvgIpc) is 3.22. The average molecular weight is 339 g/mol. The van der Waals surface area contributed by atoms with Crippen LogP contribution in [-0.2, 0) is 9.84 Å².